The number of rotatable bonds is 5. The summed E-state index contributed by atoms with van der Waals surface area (Å²) in [6.07, 6.45) is 1.88. The minimum Gasteiger partial charge on any atom is -0.487 e. The van der Waals surface area contributed by atoms with Crippen molar-refractivity contribution in [2.75, 3.05) is 13.1 Å². The maximum atomic E-state index is 12.7. The predicted molar refractivity (Wildman–Crippen MR) is 129 cm³/mol. The van der Waals surface area contributed by atoms with Gasteiger partial charge in [0.15, 0.2) is 0 Å². The Balaban J connectivity index is 0.000000405. The molecule has 10 heteroatoms. The van der Waals surface area contributed by atoms with Crippen LogP contribution in [0.15, 0.2) is 40.8 Å². The summed E-state index contributed by atoms with van der Waals surface area (Å²) in [7, 11) is 0. The fourth-order valence-corrected chi connectivity index (χ4v) is 5.21. The number of halogens is 3. The predicted octanol–water partition coefficient (Wildman–Crippen LogP) is 5.18. The van der Waals surface area contributed by atoms with E-state index in [1.165, 1.54) is 12.0 Å². The first-order chi connectivity index (χ1) is 17.5. The van der Waals surface area contributed by atoms with Gasteiger partial charge in [-0.15, -0.1) is 0 Å². The van der Waals surface area contributed by atoms with Gasteiger partial charge in [0.05, 0.1) is 6.54 Å². The molecule has 3 aliphatic rings. The fraction of sp³-hybridized carbons (Fsp3) is 0.556. The quantitative estimate of drug-likeness (QED) is 0.562. The first-order valence-electron chi connectivity index (χ1n) is 12.7. The molecule has 0 bridgehead atoms. The second-order valence-corrected chi connectivity index (χ2v) is 10.2. The van der Waals surface area contributed by atoms with Gasteiger partial charge in [-0.1, -0.05) is 18.2 Å². The summed E-state index contributed by atoms with van der Waals surface area (Å²) in [5.41, 5.74) is 1.03. The Labute approximate surface area is 214 Å². The molecule has 1 unspecified atom stereocenters. The number of piperidine rings is 1. The molecule has 1 aromatic carbocycles. The van der Waals surface area contributed by atoms with Crippen molar-refractivity contribution >= 4 is 11.9 Å². The molecule has 1 saturated heterocycles. The third kappa shape index (κ3) is 7.06. The fourth-order valence-electron chi connectivity index (χ4n) is 5.21. The van der Waals surface area contributed by atoms with Gasteiger partial charge in [-0.25, -0.2) is 4.79 Å². The van der Waals surface area contributed by atoms with Crippen molar-refractivity contribution < 1.29 is 37.0 Å². The van der Waals surface area contributed by atoms with Crippen molar-refractivity contribution in [3.63, 3.8) is 0 Å². The first-order valence-corrected chi connectivity index (χ1v) is 12.7. The number of nitrogens with one attached hydrogen (secondary N) is 1. The average molecular weight is 523 g/mol. The molecule has 202 valence electrons. The van der Waals surface area contributed by atoms with Gasteiger partial charge in [0.2, 0.25) is 5.91 Å². The highest BCUT2D eigenvalue weighted by atomic mass is 19.4. The zero-order valence-electron chi connectivity index (χ0n) is 20.9. The van der Waals surface area contributed by atoms with E-state index in [-0.39, 0.29) is 17.4 Å². The van der Waals surface area contributed by atoms with E-state index in [1.807, 2.05) is 19.1 Å². The van der Waals surface area contributed by atoms with Crippen LogP contribution >= 0.6 is 0 Å². The van der Waals surface area contributed by atoms with Crippen LogP contribution in [0.25, 0.3) is 0 Å². The summed E-state index contributed by atoms with van der Waals surface area (Å²) >= 11 is 0. The number of carboxylic acids is 1. The number of furan rings is 1. The number of hydrogen-bond acceptors (Lipinski definition) is 5. The van der Waals surface area contributed by atoms with Crippen molar-refractivity contribution in [1.29, 1.82) is 0 Å². The van der Waals surface area contributed by atoms with E-state index in [0.717, 1.165) is 69.0 Å². The van der Waals surface area contributed by atoms with Gasteiger partial charge >= 0.3 is 12.1 Å². The molecule has 1 spiro atoms. The summed E-state index contributed by atoms with van der Waals surface area (Å²) in [5, 5.41) is 10.3. The normalized spacial score (nSPS) is 21.1. The van der Waals surface area contributed by atoms with Crippen molar-refractivity contribution in [3.05, 3.63) is 53.5 Å². The largest absolute Gasteiger partial charge is 0.490 e. The van der Waals surface area contributed by atoms with Gasteiger partial charge in [-0.3, -0.25) is 9.69 Å². The lowest BCUT2D eigenvalue weighted by atomic mass is 9.76. The molecule has 3 heterocycles. The molecule has 1 amide bonds. The van der Waals surface area contributed by atoms with Crippen molar-refractivity contribution in [2.24, 2.45) is 0 Å². The molecule has 1 aliphatic carbocycles. The summed E-state index contributed by atoms with van der Waals surface area (Å²) in [6.45, 7) is 4.82. The van der Waals surface area contributed by atoms with Gasteiger partial charge in [-0.2, -0.15) is 13.2 Å². The monoisotopic (exact) mass is 522 g/mol. The van der Waals surface area contributed by atoms with Crippen LogP contribution in [0, 0.1) is 6.92 Å². The molecule has 2 fully saturated rings. The third-order valence-electron chi connectivity index (χ3n) is 7.39. The molecule has 2 aromatic rings. The number of ether oxygens (including phenoxy) is 1. The number of likely N-dealkylation sites (tertiary alicyclic amines) is 1. The zero-order chi connectivity index (χ0) is 26.6. The van der Waals surface area contributed by atoms with Crippen LogP contribution in [-0.4, -0.2) is 52.8 Å². The number of amides is 1. The molecule has 5 rings (SSSR count). The highest BCUT2D eigenvalue weighted by Gasteiger charge is 2.44. The molecular formula is C27H33F3N2O5. The lowest BCUT2D eigenvalue weighted by Crippen LogP contribution is -2.50. The van der Waals surface area contributed by atoms with Crippen LogP contribution < -0.4 is 10.1 Å². The Morgan fingerprint density at radius 2 is 1.81 bits per heavy atom. The number of carbonyl (C=O) groups excluding carboxylic acids is 1. The Hall–Kier alpha value is -3.01. The summed E-state index contributed by atoms with van der Waals surface area (Å²) in [5.74, 6) is 0.641. The Morgan fingerprint density at radius 1 is 1.14 bits per heavy atom. The second kappa shape index (κ2) is 11.2. The van der Waals surface area contributed by atoms with Crippen LogP contribution in [0.5, 0.6) is 5.75 Å². The molecule has 1 atom stereocenters. The van der Waals surface area contributed by atoms with E-state index >= 15 is 0 Å². The topological polar surface area (TPSA) is 92.0 Å². The molecule has 37 heavy (non-hydrogen) atoms. The average Bonchev–Trinajstić information content (AvgIpc) is 3.22. The highest BCUT2D eigenvalue weighted by Crippen LogP contribution is 2.46. The van der Waals surface area contributed by atoms with Crippen LogP contribution in [0.3, 0.4) is 0 Å². The SMILES string of the molecule is Cc1ccc(CN2CCC3(CC2)CC(CC(=O)NC2CCC2)c2ccccc2O3)o1.O=C(O)C(F)(F)F. The van der Waals surface area contributed by atoms with Crippen LogP contribution in [0.1, 0.15) is 67.9 Å². The number of benzene rings is 1. The van der Waals surface area contributed by atoms with E-state index in [4.69, 9.17) is 19.1 Å². The van der Waals surface area contributed by atoms with E-state index in [1.54, 1.807) is 0 Å². The van der Waals surface area contributed by atoms with Gasteiger partial charge in [0.1, 0.15) is 22.9 Å². The molecular weight excluding hydrogens is 489 g/mol. The molecule has 7 nitrogen and oxygen atoms in total. The summed E-state index contributed by atoms with van der Waals surface area (Å²) in [4.78, 5) is 24.0. The third-order valence-corrected chi connectivity index (χ3v) is 7.39. The number of aliphatic carboxylic acids is 1. The van der Waals surface area contributed by atoms with E-state index in [2.05, 4.69) is 34.5 Å². The highest BCUT2D eigenvalue weighted by molar-refractivity contribution is 5.77. The Morgan fingerprint density at radius 3 is 2.38 bits per heavy atom. The number of hydrogen-bond donors (Lipinski definition) is 2. The minimum absolute atomic E-state index is 0.161. The van der Waals surface area contributed by atoms with Gasteiger partial charge in [-0.05, 0) is 69.2 Å². The smallest absolute Gasteiger partial charge is 0.487 e. The number of aryl methyl sites for hydroxylation is 1. The summed E-state index contributed by atoms with van der Waals surface area (Å²) in [6, 6.07) is 12.8. The van der Waals surface area contributed by atoms with E-state index in [9.17, 15) is 18.0 Å². The first kappa shape index (κ1) is 27.0. The van der Waals surface area contributed by atoms with Crippen molar-refractivity contribution in [3.8, 4) is 5.75 Å². The van der Waals surface area contributed by atoms with Crippen LogP contribution in [-0.2, 0) is 16.1 Å². The van der Waals surface area contributed by atoms with E-state index < -0.39 is 12.1 Å². The number of fused-ring (bicyclic) bond motifs is 1. The van der Waals surface area contributed by atoms with Crippen molar-refractivity contribution in [1.82, 2.24) is 10.2 Å². The minimum atomic E-state index is -5.08. The molecule has 2 N–H and O–H groups in total. The van der Waals surface area contributed by atoms with Gasteiger partial charge in [0.25, 0.3) is 0 Å². The Bertz CT molecular complexity index is 1090. The zero-order valence-corrected chi connectivity index (χ0v) is 20.9. The lowest BCUT2D eigenvalue weighted by Gasteiger charge is -2.47. The molecule has 1 saturated carbocycles. The Kier molecular flexibility index (Phi) is 8.16. The molecule has 0 radical (unpaired) electrons. The van der Waals surface area contributed by atoms with E-state index in [0.29, 0.717) is 12.5 Å². The van der Waals surface area contributed by atoms with Gasteiger partial charge in [0, 0.05) is 31.5 Å². The maximum Gasteiger partial charge on any atom is 0.490 e. The number of nitrogens with zero attached hydrogens (tertiary/aromatic N) is 1. The number of carboxylic acid groups (broad SMARTS) is 1. The van der Waals surface area contributed by atoms with Crippen LogP contribution in [0.4, 0.5) is 13.2 Å². The maximum absolute atomic E-state index is 12.7. The second-order valence-electron chi connectivity index (χ2n) is 10.2. The van der Waals surface area contributed by atoms with Gasteiger partial charge < -0.3 is 19.6 Å². The lowest BCUT2D eigenvalue weighted by molar-refractivity contribution is -0.192. The number of para-hydroxylation sites is 1. The summed E-state index contributed by atoms with van der Waals surface area (Å²) < 4.78 is 44.1. The standard InChI is InChI=1S/C25H32N2O3.C2HF3O2/c1-18-9-10-21(29-18)17-27-13-11-25(12-14-27)16-19(15-24(28)26-20-5-4-6-20)22-7-2-3-8-23(22)30-25;3-2(4,5)1(6)7/h2-3,7-10,19-20H,4-6,11-17H2,1H3,(H,26,28);(H,6,7). The molecule has 2 aliphatic heterocycles. The number of alkyl halides is 3. The number of carbonyl (C=O) groups is 2. The molecule has 1 aromatic heterocycles. The van der Waals surface area contributed by atoms with Crippen molar-refractivity contribution in [2.45, 2.75) is 82.2 Å². The van der Waals surface area contributed by atoms with Crippen LogP contribution in [0.2, 0.25) is 0 Å².